The van der Waals surface area contributed by atoms with E-state index in [9.17, 15) is 19.8 Å². The third-order valence-electron chi connectivity index (χ3n) is 5.36. The van der Waals surface area contributed by atoms with Crippen molar-refractivity contribution in [2.45, 2.75) is 85.5 Å². The van der Waals surface area contributed by atoms with Crippen LogP contribution < -0.4 is 0 Å². The Hall–Kier alpha value is -1.84. The van der Waals surface area contributed by atoms with E-state index in [1.54, 1.807) is 0 Å². The second-order valence-corrected chi connectivity index (χ2v) is 8.14. The Morgan fingerprint density at radius 3 is 1.85 bits per heavy atom. The first-order valence-electron chi connectivity index (χ1n) is 10.4. The van der Waals surface area contributed by atoms with Gasteiger partial charge in [-0.2, -0.15) is 0 Å². The number of benzene rings is 1. The molecular weight excluding hydrogens is 340 g/mol. The number of rotatable bonds is 13. The van der Waals surface area contributed by atoms with Crippen molar-refractivity contribution >= 4 is 12.6 Å². The highest BCUT2D eigenvalue weighted by Gasteiger charge is 2.23. The van der Waals surface area contributed by atoms with Crippen molar-refractivity contribution < 1.29 is 19.8 Å². The maximum atomic E-state index is 11.6. The third-order valence-corrected chi connectivity index (χ3v) is 5.36. The van der Waals surface area contributed by atoms with Gasteiger partial charge in [-0.05, 0) is 43.1 Å². The highest BCUT2D eigenvalue weighted by atomic mass is 16.3. The fourth-order valence-electron chi connectivity index (χ4n) is 3.59. The molecule has 0 radical (unpaired) electrons. The Labute approximate surface area is 164 Å². The van der Waals surface area contributed by atoms with Crippen molar-refractivity contribution in [3.63, 3.8) is 0 Å². The van der Waals surface area contributed by atoms with Crippen molar-refractivity contribution in [2.24, 2.45) is 11.8 Å². The van der Waals surface area contributed by atoms with Crippen LogP contribution in [0.25, 0.3) is 0 Å². The standard InChI is InChI=1S/C23H36O4/c1-5-6-7-11-18-20(14-24)22(26)19(23(27)21(18)15-25)13-12-17(4)10-8-9-16(2)3/h14-17,26-27H,5-13H2,1-4H3/t17-/m0/s1. The van der Waals surface area contributed by atoms with Crippen molar-refractivity contribution in [3.05, 3.63) is 22.3 Å². The molecule has 152 valence electrons. The molecular formula is C23H36O4. The van der Waals surface area contributed by atoms with Gasteiger partial charge >= 0.3 is 0 Å². The molecule has 0 saturated carbocycles. The first kappa shape index (κ1) is 23.2. The summed E-state index contributed by atoms with van der Waals surface area (Å²) >= 11 is 0. The lowest BCUT2D eigenvalue weighted by atomic mass is 9.88. The number of carbonyl (C=O) groups is 2. The Bertz CT molecular complexity index is 584. The second-order valence-electron chi connectivity index (χ2n) is 8.14. The van der Waals surface area contributed by atoms with Crippen molar-refractivity contribution in [1.29, 1.82) is 0 Å². The number of phenolic OH excluding ortho intramolecular Hbond substituents is 2. The lowest BCUT2D eigenvalue weighted by molar-refractivity contribution is 0.111. The van der Waals surface area contributed by atoms with Crippen molar-refractivity contribution in [1.82, 2.24) is 0 Å². The molecule has 1 rings (SSSR count). The molecule has 27 heavy (non-hydrogen) atoms. The average molecular weight is 377 g/mol. The van der Waals surface area contributed by atoms with Gasteiger partial charge in [-0.15, -0.1) is 0 Å². The van der Waals surface area contributed by atoms with Crippen molar-refractivity contribution in [2.75, 3.05) is 0 Å². The fraction of sp³-hybridized carbons (Fsp3) is 0.652. The molecule has 0 saturated heterocycles. The zero-order chi connectivity index (χ0) is 20.4. The van der Waals surface area contributed by atoms with Gasteiger partial charge in [0, 0.05) is 5.56 Å². The summed E-state index contributed by atoms with van der Waals surface area (Å²) in [5.74, 6) is 0.824. The van der Waals surface area contributed by atoms with E-state index in [4.69, 9.17) is 0 Å². The predicted octanol–water partition coefficient (Wildman–Crippen LogP) is 5.85. The van der Waals surface area contributed by atoms with E-state index in [1.165, 1.54) is 6.42 Å². The normalized spacial score (nSPS) is 12.3. The maximum Gasteiger partial charge on any atom is 0.154 e. The van der Waals surface area contributed by atoms with E-state index in [2.05, 4.69) is 27.7 Å². The van der Waals surface area contributed by atoms with Crippen LogP contribution in [0.1, 0.15) is 104 Å². The molecule has 0 aromatic heterocycles. The predicted molar refractivity (Wildman–Crippen MR) is 110 cm³/mol. The minimum atomic E-state index is -0.158. The van der Waals surface area contributed by atoms with Crippen LogP contribution in [0.4, 0.5) is 0 Å². The topological polar surface area (TPSA) is 74.6 Å². The lowest BCUT2D eigenvalue weighted by Crippen LogP contribution is -2.06. The van der Waals surface area contributed by atoms with Crippen molar-refractivity contribution in [3.8, 4) is 11.5 Å². The summed E-state index contributed by atoms with van der Waals surface area (Å²) in [7, 11) is 0. The molecule has 1 aromatic carbocycles. The number of aromatic hydroxyl groups is 2. The number of unbranched alkanes of at least 4 members (excludes halogenated alkanes) is 2. The SMILES string of the molecule is CCCCCc1c(C=O)c(O)c(CC[C@@H](C)CCCC(C)C)c(O)c1C=O. The van der Waals surface area contributed by atoms with Gasteiger partial charge in [0.25, 0.3) is 0 Å². The first-order chi connectivity index (χ1) is 12.9. The van der Waals surface area contributed by atoms with Gasteiger partial charge in [-0.3, -0.25) is 9.59 Å². The number of hydrogen-bond donors (Lipinski definition) is 2. The molecule has 4 nitrogen and oxygen atoms in total. The summed E-state index contributed by atoms with van der Waals surface area (Å²) in [4.78, 5) is 23.2. The van der Waals surface area contributed by atoms with Gasteiger partial charge in [-0.25, -0.2) is 0 Å². The summed E-state index contributed by atoms with van der Waals surface area (Å²) in [5.41, 5.74) is 1.12. The summed E-state index contributed by atoms with van der Waals surface area (Å²) in [6, 6.07) is 0. The van der Waals surface area contributed by atoms with Gasteiger partial charge in [0.1, 0.15) is 11.5 Å². The molecule has 1 atom stereocenters. The Kier molecular flexibility index (Phi) is 10.1. The molecule has 0 aliphatic carbocycles. The maximum absolute atomic E-state index is 11.6. The zero-order valence-electron chi connectivity index (χ0n) is 17.4. The smallest absolute Gasteiger partial charge is 0.154 e. The molecule has 0 spiro atoms. The second kappa shape index (κ2) is 11.8. The lowest BCUT2D eigenvalue weighted by Gasteiger charge is -2.18. The molecule has 0 unspecified atom stereocenters. The van der Waals surface area contributed by atoms with Crippen LogP contribution in [-0.2, 0) is 12.8 Å². The molecule has 1 aromatic rings. The van der Waals surface area contributed by atoms with Crippen LogP contribution in [0.3, 0.4) is 0 Å². The molecule has 4 heteroatoms. The zero-order valence-corrected chi connectivity index (χ0v) is 17.4. The number of phenols is 2. The van der Waals surface area contributed by atoms with Crippen LogP contribution in [0.2, 0.25) is 0 Å². The van der Waals surface area contributed by atoms with Crippen LogP contribution in [0, 0.1) is 11.8 Å². The fourth-order valence-corrected chi connectivity index (χ4v) is 3.59. The van der Waals surface area contributed by atoms with Crippen LogP contribution in [-0.4, -0.2) is 22.8 Å². The Morgan fingerprint density at radius 2 is 1.37 bits per heavy atom. The Morgan fingerprint density at radius 1 is 0.778 bits per heavy atom. The minimum absolute atomic E-state index is 0.158. The largest absolute Gasteiger partial charge is 0.507 e. The quantitative estimate of drug-likeness (QED) is 0.334. The van der Waals surface area contributed by atoms with Gasteiger partial charge in [-0.1, -0.05) is 59.8 Å². The van der Waals surface area contributed by atoms with E-state index in [0.717, 1.165) is 38.5 Å². The van der Waals surface area contributed by atoms with Gasteiger partial charge in [0.15, 0.2) is 12.6 Å². The van der Waals surface area contributed by atoms with E-state index in [-0.39, 0.29) is 22.6 Å². The molecule has 0 fully saturated rings. The summed E-state index contributed by atoms with van der Waals surface area (Å²) in [6.07, 6.45) is 9.21. The molecule has 0 heterocycles. The average Bonchev–Trinajstić information content (AvgIpc) is 2.61. The summed E-state index contributed by atoms with van der Waals surface area (Å²) < 4.78 is 0. The molecule has 0 aliphatic heterocycles. The van der Waals surface area contributed by atoms with Gasteiger partial charge in [0.05, 0.1) is 11.1 Å². The van der Waals surface area contributed by atoms with Crippen LogP contribution >= 0.6 is 0 Å². The van der Waals surface area contributed by atoms with Gasteiger partial charge in [0.2, 0.25) is 0 Å². The van der Waals surface area contributed by atoms with Crippen LogP contribution in [0.15, 0.2) is 0 Å². The summed E-state index contributed by atoms with van der Waals surface area (Å²) in [5, 5.41) is 21.2. The number of aldehydes is 2. The molecule has 0 amide bonds. The van der Waals surface area contributed by atoms with E-state index in [0.29, 0.717) is 48.4 Å². The highest BCUT2D eigenvalue weighted by Crippen LogP contribution is 2.38. The monoisotopic (exact) mass is 376 g/mol. The first-order valence-corrected chi connectivity index (χ1v) is 10.4. The molecule has 0 bridgehead atoms. The number of hydrogen-bond acceptors (Lipinski definition) is 4. The highest BCUT2D eigenvalue weighted by molar-refractivity contribution is 5.92. The molecule has 2 N–H and O–H groups in total. The van der Waals surface area contributed by atoms with Gasteiger partial charge < -0.3 is 10.2 Å². The number of carbonyl (C=O) groups excluding carboxylic acids is 2. The van der Waals surface area contributed by atoms with E-state index in [1.807, 2.05) is 0 Å². The Balaban J connectivity index is 3.00. The van der Waals surface area contributed by atoms with E-state index >= 15 is 0 Å². The summed E-state index contributed by atoms with van der Waals surface area (Å²) in [6.45, 7) is 8.66. The van der Waals surface area contributed by atoms with Crippen LogP contribution in [0.5, 0.6) is 11.5 Å². The van der Waals surface area contributed by atoms with E-state index < -0.39 is 0 Å². The third kappa shape index (κ3) is 6.67. The molecule has 0 aliphatic rings. The minimum Gasteiger partial charge on any atom is -0.507 e.